The van der Waals surface area contributed by atoms with Crippen molar-refractivity contribution in [2.45, 2.75) is 26.1 Å². The quantitative estimate of drug-likeness (QED) is 0.797. The molecule has 0 amide bonds. The van der Waals surface area contributed by atoms with Crippen molar-refractivity contribution in [3.05, 3.63) is 18.6 Å². The van der Waals surface area contributed by atoms with E-state index >= 15 is 0 Å². The molecule has 0 saturated heterocycles. The number of alkyl halides is 3. The lowest BCUT2D eigenvalue weighted by atomic mass is 10.4. The van der Waals surface area contributed by atoms with Crippen LogP contribution in [0.4, 0.5) is 19.0 Å². The zero-order valence-electron chi connectivity index (χ0n) is 8.82. The summed E-state index contributed by atoms with van der Waals surface area (Å²) in [6.45, 7) is 4.14. The lowest BCUT2D eigenvalue weighted by molar-refractivity contribution is -0.156. The van der Waals surface area contributed by atoms with Gasteiger partial charge in [0.15, 0.2) is 0 Å². The summed E-state index contributed by atoms with van der Waals surface area (Å²) in [5, 5.41) is 3.15. The first kappa shape index (κ1) is 14.3. The maximum absolute atomic E-state index is 10.4. The summed E-state index contributed by atoms with van der Waals surface area (Å²) in [4.78, 5) is 16.5. The number of aromatic nitrogens is 2. The van der Waals surface area contributed by atoms with Crippen LogP contribution < -0.4 is 5.32 Å². The number of hydrogen-bond acceptors (Lipinski definition) is 4. The fourth-order valence-corrected chi connectivity index (χ4v) is 0.672. The Hall–Kier alpha value is -1.66. The molecule has 0 atom stereocenters. The number of aldehydes is 1. The third-order valence-electron chi connectivity index (χ3n) is 1.15. The Labute approximate surface area is 90.9 Å². The summed E-state index contributed by atoms with van der Waals surface area (Å²) in [6, 6.07) is 2.27. The van der Waals surface area contributed by atoms with E-state index in [9.17, 15) is 13.2 Å². The number of carbonyl (C=O) groups excluding carboxylic acids is 1. The molecule has 90 valence electrons. The van der Waals surface area contributed by atoms with Crippen LogP contribution >= 0.6 is 0 Å². The van der Waals surface area contributed by atoms with Gasteiger partial charge in [-0.2, -0.15) is 13.2 Å². The maximum atomic E-state index is 10.4. The third-order valence-corrected chi connectivity index (χ3v) is 1.15. The van der Waals surface area contributed by atoms with Gasteiger partial charge in [-0.25, -0.2) is 9.97 Å². The lowest BCUT2D eigenvalue weighted by Gasteiger charge is -2.06. The van der Waals surface area contributed by atoms with Crippen molar-refractivity contribution in [3.63, 3.8) is 0 Å². The van der Waals surface area contributed by atoms with E-state index < -0.39 is 12.5 Å². The Morgan fingerprint density at radius 2 is 2.00 bits per heavy atom. The van der Waals surface area contributed by atoms with Crippen molar-refractivity contribution in [3.8, 4) is 0 Å². The Morgan fingerprint density at radius 3 is 2.31 bits per heavy atom. The smallest absolute Gasteiger partial charge is 0.368 e. The van der Waals surface area contributed by atoms with Crippen molar-refractivity contribution < 1.29 is 18.0 Å². The van der Waals surface area contributed by atoms with Crippen LogP contribution in [0.25, 0.3) is 0 Å². The highest BCUT2D eigenvalue weighted by molar-refractivity contribution is 5.56. The van der Waals surface area contributed by atoms with Crippen LogP contribution in [0.2, 0.25) is 0 Å². The van der Waals surface area contributed by atoms with Crippen molar-refractivity contribution in [2.75, 3.05) is 5.32 Å². The summed E-state index contributed by atoms with van der Waals surface area (Å²) in [5.41, 5.74) is 0. The fourth-order valence-electron chi connectivity index (χ4n) is 0.672. The Bertz CT molecular complexity index is 301. The first-order chi connectivity index (χ1) is 7.35. The van der Waals surface area contributed by atoms with Crippen LogP contribution in [0.15, 0.2) is 18.6 Å². The van der Waals surface area contributed by atoms with Gasteiger partial charge in [-0.15, -0.1) is 0 Å². The van der Waals surface area contributed by atoms with Crippen LogP contribution in [-0.2, 0) is 4.79 Å². The molecule has 1 aromatic rings. The predicted molar refractivity (Wildman–Crippen MR) is 52.9 cm³/mol. The Kier molecular flexibility index (Phi) is 6.06. The highest BCUT2D eigenvalue weighted by Gasteiger charge is 2.24. The van der Waals surface area contributed by atoms with E-state index in [1.807, 2.05) is 6.07 Å². The summed E-state index contributed by atoms with van der Waals surface area (Å²) >= 11 is 0. The average Bonchev–Trinajstić information content (AvgIpc) is 2.18. The van der Waals surface area contributed by atoms with Gasteiger partial charge in [0, 0.05) is 12.2 Å². The molecule has 1 rings (SSSR count). The van der Waals surface area contributed by atoms with Crippen molar-refractivity contribution in [1.29, 1.82) is 0 Å². The van der Waals surface area contributed by atoms with Gasteiger partial charge in [0.2, 0.25) is 6.29 Å². The molecule has 0 unspecified atom stereocenters. The molecule has 0 saturated carbocycles. The number of halogens is 3. The van der Waals surface area contributed by atoms with E-state index in [0.717, 1.165) is 5.82 Å². The fraction of sp³-hybridized carbons (Fsp3) is 0.444. The molecule has 0 aliphatic rings. The first-order valence-electron chi connectivity index (χ1n) is 4.40. The summed E-state index contributed by atoms with van der Waals surface area (Å²) in [5.74, 6) is 0.880. The van der Waals surface area contributed by atoms with E-state index in [2.05, 4.69) is 29.1 Å². The number of anilines is 1. The van der Waals surface area contributed by atoms with Crippen LogP contribution in [0.1, 0.15) is 13.8 Å². The number of nitrogens with one attached hydrogen (secondary N) is 1. The second-order valence-corrected chi connectivity index (χ2v) is 3.05. The zero-order chi connectivity index (χ0) is 12.6. The molecule has 0 spiro atoms. The largest absolute Gasteiger partial charge is 0.446 e. The maximum Gasteiger partial charge on any atom is 0.446 e. The van der Waals surface area contributed by atoms with Gasteiger partial charge >= 0.3 is 6.18 Å². The van der Waals surface area contributed by atoms with Gasteiger partial charge in [-0.05, 0) is 19.9 Å². The lowest BCUT2D eigenvalue weighted by Crippen LogP contribution is -2.10. The third kappa shape index (κ3) is 8.92. The highest BCUT2D eigenvalue weighted by Crippen LogP contribution is 2.08. The van der Waals surface area contributed by atoms with Gasteiger partial charge in [0.05, 0.1) is 0 Å². The molecular formula is C9H12F3N3O. The molecule has 0 aliphatic heterocycles. The normalized spacial score (nSPS) is 10.4. The summed E-state index contributed by atoms with van der Waals surface area (Å²) < 4.78 is 31.2. The van der Waals surface area contributed by atoms with Crippen LogP contribution in [0.3, 0.4) is 0 Å². The molecule has 16 heavy (non-hydrogen) atoms. The van der Waals surface area contributed by atoms with Gasteiger partial charge in [0.25, 0.3) is 0 Å². The van der Waals surface area contributed by atoms with Crippen molar-refractivity contribution in [2.24, 2.45) is 0 Å². The van der Waals surface area contributed by atoms with Crippen LogP contribution in [0.5, 0.6) is 0 Å². The van der Waals surface area contributed by atoms with E-state index in [1.165, 1.54) is 6.33 Å². The van der Waals surface area contributed by atoms with E-state index in [1.54, 1.807) is 6.20 Å². The molecular weight excluding hydrogens is 223 g/mol. The van der Waals surface area contributed by atoms with Crippen LogP contribution in [0, 0.1) is 0 Å². The topological polar surface area (TPSA) is 54.9 Å². The van der Waals surface area contributed by atoms with Crippen molar-refractivity contribution in [1.82, 2.24) is 9.97 Å². The molecule has 0 aliphatic carbocycles. The van der Waals surface area contributed by atoms with Crippen LogP contribution in [-0.4, -0.2) is 28.5 Å². The van der Waals surface area contributed by atoms with Gasteiger partial charge in [-0.1, -0.05) is 0 Å². The van der Waals surface area contributed by atoms with Gasteiger partial charge in [0.1, 0.15) is 12.1 Å². The molecule has 7 heteroatoms. The minimum atomic E-state index is -4.64. The average molecular weight is 235 g/mol. The molecule has 1 N–H and O–H groups in total. The molecule has 1 aromatic heterocycles. The minimum Gasteiger partial charge on any atom is -0.368 e. The summed E-state index contributed by atoms with van der Waals surface area (Å²) in [7, 11) is 0. The molecule has 1 heterocycles. The van der Waals surface area contributed by atoms with E-state index in [4.69, 9.17) is 4.79 Å². The number of rotatable bonds is 2. The zero-order valence-corrected chi connectivity index (χ0v) is 8.82. The molecule has 0 bridgehead atoms. The predicted octanol–water partition coefficient (Wildman–Crippen LogP) is 2.04. The standard InChI is InChI=1S/C7H11N3.C2HF3O/c1-6(2)10-7-3-4-8-5-9-7;3-2(4,5)1-6/h3-6H,1-2H3,(H,8,9,10);1H. The molecule has 0 fully saturated rings. The number of nitrogens with zero attached hydrogens (tertiary/aromatic N) is 2. The van der Waals surface area contributed by atoms with Gasteiger partial charge in [-0.3, -0.25) is 4.79 Å². The number of hydrogen-bond donors (Lipinski definition) is 1. The SMILES string of the molecule is CC(C)Nc1ccncn1.O=CC(F)(F)F. The monoisotopic (exact) mass is 235 g/mol. The minimum absolute atomic E-state index is 0.426. The first-order valence-corrected chi connectivity index (χ1v) is 4.40. The Morgan fingerprint density at radius 1 is 1.44 bits per heavy atom. The second-order valence-electron chi connectivity index (χ2n) is 3.05. The number of carbonyl (C=O) groups is 1. The Balaban J connectivity index is 0.000000325. The highest BCUT2D eigenvalue weighted by atomic mass is 19.4. The molecule has 0 aromatic carbocycles. The molecule has 0 radical (unpaired) electrons. The van der Waals surface area contributed by atoms with E-state index in [-0.39, 0.29) is 0 Å². The van der Waals surface area contributed by atoms with Crippen molar-refractivity contribution >= 4 is 12.1 Å². The van der Waals surface area contributed by atoms with E-state index in [0.29, 0.717) is 6.04 Å². The summed E-state index contributed by atoms with van der Waals surface area (Å²) in [6.07, 6.45) is -2.45. The second kappa shape index (κ2) is 6.76. The van der Waals surface area contributed by atoms with Gasteiger partial charge < -0.3 is 5.32 Å². The molecule has 4 nitrogen and oxygen atoms in total.